The van der Waals surface area contributed by atoms with Crippen molar-refractivity contribution in [3.8, 4) is 0 Å². The van der Waals surface area contributed by atoms with Crippen LogP contribution in [0.4, 0.5) is 11.4 Å². The van der Waals surface area contributed by atoms with Crippen LogP contribution in [0.2, 0.25) is 0 Å². The molecule has 1 aromatic carbocycles. The summed E-state index contributed by atoms with van der Waals surface area (Å²) in [7, 11) is 1.62. The number of benzene rings is 1. The number of anilines is 1. The fraction of sp³-hybridized carbons (Fsp3) is 0.250. The molecule has 84 valence electrons. The first kappa shape index (κ1) is 10.3. The molecule has 1 N–H and O–H groups in total. The Kier molecular flexibility index (Phi) is 2.41. The van der Waals surface area contributed by atoms with Gasteiger partial charge in [0.05, 0.1) is 10.6 Å². The van der Waals surface area contributed by atoms with Gasteiger partial charge in [0.25, 0.3) is 0 Å². The minimum Gasteiger partial charge on any atom is -0.376 e. The Balaban J connectivity index is 2.68. The van der Waals surface area contributed by atoms with Crippen molar-refractivity contribution in [2.24, 2.45) is 0 Å². The molecule has 1 aromatic heterocycles. The van der Waals surface area contributed by atoms with E-state index in [4.69, 9.17) is 5.11 Å². The molecule has 0 saturated carbocycles. The Morgan fingerprint density at radius 2 is 2.19 bits per heavy atom. The Morgan fingerprint density at radius 3 is 2.81 bits per heavy atom. The summed E-state index contributed by atoms with van der Waals surface area (Å²) in [4.78, 5) is 11.6. The summed E-state index contributed by atoms with van der Waals surface area (Å²) in [6, 6.07) is 2.79. The second-order valence-electron chi connectivity index (χ2n) is 3.16. The molecule has 0 saturated heterocycles. The van der Waals surface area contributed by atoms with Gasteiger partial charge < -0.3 is 10.0 Å². The Bertz CT molecular complexity index is 538. The van der Waals surface area contributed by atoms with Crippen molar-refractivity contribution >= 4 is 22.4 Å². The minimum atomic E-state index is -0.560. The molecule has 8 nitrogen and oxygen atoms in total. The predicted molar refractivity (Wildman–Crippen MR) is 53.9 cm³/mol. The highest BCUT2D eigenvalue weighted by molar-refractivity contribution is 5.93. The van der Waals surface area contributed by atoms with Gasteiger partial charge in [0.1, 0.15) is 6.73 Å². The zero-order valence-electron chi connectivity index (χ0n) is 8.32. The van der Waals surface area contributed by atoms with Crippen LogP contribution in [0.15, 0.2) is 16.8 Å². The molecule has 0 radical (unpaired) electrons. The number of rotatable bonds is 3. The first-order chi connectivity index (χ1) is 7.65. The molecular weight excluding hydrogens is 216 g/mol. The lowest BCUT2D eigenvalue weighted by atomic mass is 10.2. The molecule has 0 aliphatic carbocycles. The van der Waals surface area contributed by atoms with E-state index >= 15 is 0 Å². The third kappa shape index (κ3) is 1.44. The standard InChI is InChI=1S/C8H8N4O4/c1-11(4-13)5-2-3-6(12(14)15)8-7(5)9-16-10-8/h2-3,13H,4H2,1H3. The first-order valence-corrected chi connectivity index (χ1v) is 4.37. The van der Waals surface area contributed by atoms with Crippen molar-refractivity contribution in [2.45, 2.75) is 0 Å². The molecule has 0 atom stereocenters. The van der Waals surface area contributed by atoms with Crippen molar-refractivity contribution in [3.63, 3.8) is 0 Å². The van der Waals surface area contributed by atoms with Gasteiger partial charge in [0.15, 0.2) is 5.52 Å². The number of non-ortho nitro benzene ring substituents is 1. The average Bonchev–Trinajstić information content (AvgIpc) is 2.75. The molecule has 0 unspecified atom stereocenters. The van der Waals surface area contributed by atoms with E-state index in [1.165, 1.54) is 17.0 Å². The maximum atomic E-state index is 10.7. The van der Waals surface area contributed by atoms with E-state index in [0.717, 1.165) is 0 Å². The Labute approximate surface area is 89.2 Å². The van der Waals surface area contributed by atoms with Crippen LogP contribution in [0.25, 0.3) is 11.0 Å². The van der Waals surface area contributed by atoms with Crippen LogP contribution in [0.1, 0.15) is 0 Å². The Hall–Kier alpha value is -2.22. The van der Waals surface area contributed by atoms with Gasteiger partial charge in [-0.15, -0.1) is 0 Å². The van der Waals surface area contributed by atoms with Crippen molar-refractivity contribution in [3.05, 3.63) is 22.2 Å². The van der Waals surface area contributed by atoms with Crippen LogP contribution >= 0.6 is 0 Å². The fourth-order valence-corrected chi connectivity index (χ4v) is 1.37. The summed E-state index contributed by atoms with van der Waals surface area (Å²) in [5.74, 6) is 0. The molecular formula is C8H8N4O4. The minimum absolute atomic E-state index is 0.0720. The van der Waals surface area contributed by atoms with Crippen LogP contribution in [0, 0.1) is 10.1 Å². The molecule has 8 heteroatoms. The lowest BCUT2D eigenvalue weighted by molar-refractivity contribution is -0.383. The van der Waals surface area contributed by atoms with E-state index in [1.807, 2.05) is 0 Å². The van der Waals surface area contributed by atoms with Gasteiger partial charge in [-0.2, -0.15) is 0 Å². The number of nitrogens with zero attached hydrogens (tertiary/aromatic N) is 4. The zero-order chi connectivity index (χ0) is 11.7. The highest BCUT2D eigenvalue weighted by Crippen LogP contribution is 2.30. The van der Waals surface area contributed by atoms with Gasteiger partial charge in [-0.1, -0.05) is 0 Å². The second kappa shape index (κ2) is 3.74. The maximum absolute atomic E-state index is 10.7. The molecule has 2 rings (SSSR count). The predicted octanol–water partition coefficient (Wildman–Crippen LogP) is 0.517. The van der Waals surface area contributed by atoms with Gasteiger partial charge in [0.2, 0.25) is 5.52 Å². The first-order valence-electron chi connectivity index (χ1n) is 4.37. The molecule has 2 aromatic rings. The summed E-state index contributed by atoms with van der Waals surface area (Å²) in [6.45, 7) is -0.236. The number of hydrogen-bond donors (Lipinski definition) is 1. The molecule has 16 heavy (non-hydrogen) atoms. The van der Waals surface area contributed by atoms with Gasteiger partial charge in [-0.25, -0.2) is 4.63 Å². The highest BCUT2D eigenvalue weighted by atomic mass is 16.6. The third-order valence-corrected chi connectivity index (χ3v) is 2.19. The number of nitro benzene ring substituents is 1. The smallest absolute Gasteiger partial charge is 0.300 e. The third-order valence-electron chi connectivity index (χ3n) is 2.19. The fourth-order valence-electron chi connectivity index (χ4n) is 1.37. The highest BCUT2D eigenvalue weighted by Gasteiger charge is 2.20. The maximum Gasteiger partial charge on any atom is 0.300 e. The van der Waals surface area contributed by atoms with Crippen LogP contribution in [-0.4, -0.2) is 34.1 Å². The summed E-state index contributed by atoms with van der Waals surface area (Å²) in [5, 5.41) is 26.7. The molecule has 0 aliphatic heterocycles. The van der Waals surface area contributed by atoms with E-state index in [1.54, 1.807) is 7.05 Å². The van der Waals surface area contributed by atoms with E-state index in [-0.39, 0.29) is 23.5 Å². The number of aliphatic hydroxyl groups excluding tert-OH is 1. The lowest BCUT2D eigenvalue weighted by Gasteiger charge is -2.14. The molecule has 0 aliphatic rings. The molecule has 0 spiro atoms. The van der Waals surface area contributed by atoms with Crippen LogP contribution in [0.5, 0.6) is 0 Å². The van der Waals surface area contributed by atoms with Crippen LogP contribution < -0.4 is 4.90 Å². The number of nitro groups is 1. The topological polar surface area (TPSA) is 106 Å². The molecule has 0 bridgehead atoms. The van der Waals surface area contributed by atoms with Gasteiger partial charge in [-0.3, -0.25) is 10.1 Å². The molecule has 0 fully saturated rings. The van der Waals surface area contributed by atoms with Crippen LogP contribution in [0.3, 0.4) is 0 Å². The van der Waals surface area contributed by atoms with Crippen molar-refractivity contribution < 1.29 is 14.7 Å². The van der Waals surface area contributed by atoms with E-state index in [2.05, 4.69) is 14.9 Å². The van der Waals surface area contributed by atoms with Gasteiger partial charge in [-0.05, 0) is 16.4 Å². The van der Waals surface area contributed by atoms with E-state index < -0.39 is 4.92 Å². The summed E-state index contributed by atoms with van der Waals surface area (Å²) in [6.07, 6.45) is 0. The summed E-state index contributed by atoms with van der Waals surface area (Å²) >= 11 is 0. The van der Waals surface area contributed by atoms with Crippen LogP contribution in [-0.2, 0) is 0 Å². The van der Waals surface area contributed by atoms with Crippen molar-refractivity contribution in [1.82, 2.24) is 10.3 Å². The normalized spacial score (nSPS) is 10.6. The Morgan fingerprint density at radius 1 is 1.50 bits per heavy atom. The monoisotopic (exact) mass is 224 g/mol. The number of fused-ring (bicyclic) bond motifs is 1. The summed E-state index contributed by atoms with van der Waals surface area (Å²) < 4.78 is 4.48. The van der Waals surface area contributed by atoms with Gasteiger partial charge >= 0.3 is 5.69 Å². The van der Waals surface area contributed by atoms with Crippen molar-refractivity contribution in [2.75, 3.05) is 18.7 Å². The summed E-state index contributed by atoms with van der Waals surface area (Å²) in [5.41, 5.74) is 0.671. The number of hydrogen-bond acceptors (Lipinski definition) is 7. The van der Waals surface area contributed by atoms with Gasteiger partial charge in [0, 0.05) is 13.1 Å². The second-order valence-corrected chi connectivity index (χ2v) is 3.16. The molecule has 0 amide bonds. The zero-order valence-corrected chi connectivity index (χ0v) is 8.32. The molecule has 1 heterocycles. The largest absolute Gasteiger partial charge is 0.376 e. The number of aliphatic hydroxyl groups is 1. The average molecular weight is 224 g/mol. The van der Waals surface area contributed by atoms with Crippen molar-refractivity contribution in [1.29, 1.82) is 0 Å². The SMILES string of the molecule is CN(CO)c1ccc([N+](=O)[O-])c2nonc12. The van der Waals surface area contributed by atoms with E-state index in [9.17, 15) is 10.1 Å². The lowest BCUT2D eigenvalue weighted by Crippen LogP contribution is -2.18. The quantitative estimate of drug-likeness (QED) is 0.460. The number of aromatic nitrogens is 2. The van der Waals surface area contributed by atoms with E-state index in [0.29, 0.717) is 5.69 Å².